The Kier molecular flexibility index (Phi) is 7.76. The van der Waals surface area contributed by atoms with Gasteiger partial charge in [-0.2, -0.15) is 0 Å². The highest BCUT2D eigenvalue weighted by atomic mass is 32.2. The maximum atomic E-state index is 12.2. The molecule has 0 saturated carbocycles. The number of carbonyl (C=O) groups excluding carboxylic acids is 2. The molecule has 0 radical (unpaired) electrons. The fraction of sp³-hybridized carbons (Fsp3) is 0.400. The normalized spacial score (nSPS) is 14.0. The Labute approximate surface area is 173 Å². The number of hydrogen-bond acceptors (Lipinski definition) is 6. The number of morpholine rings is 1. The van der Waals surface area contributed by atoms with Gasteiger partial charge in [0.2, 0.25) is 11.8 Å². The van der Waals surface area contributed by atoms with E-state index < -0.39 is 0 Å². The predicted octanol–water partition coefficient (Wildman–Crippen LogP) is 2.92. The van der Waals surface area contributed by atoms with Gasteiger partial charge in [0.15, 0.2) is 0 Å². The van der Waals surface area contributed by atoms with Crippen molar-refractivity contribution in [1.29, 1.82) is 0 Å². The van der Waals surface area contributed by atoms with Gasteiger partial charge in [0.05, 0.1) is 25.5 Å². The van der Waals surface area contributed by atoms with Gasteiger partial charge in [-0.15, -0.1) is 23.1 Å². The quantitative estimate of drug-likeness (QED) is 0.713. The summed E-state index contributed by atoms with van der Waals surface area (Å²) in [5.41, 5.74) is 1.85. The van der Waals surface area contributed by atoms with Crippen LogP contribution in [0.3, 0.4) is 0 Å². The Morgan fingerprint density at radius 1 is 1.21 bits per heavy atom. The molecule has 1 saturated heterocycles. The van der Waals surface area contributed by atoms with Crippen molar-refractivity contribution in [1.82, 2.24) is 4.90 Å². The molecule has 3 rings (SSSR count). The standard InChI is InChI=1S/C20H25N3O3S2/c1-22(20(25)15-27-14-18-3-2-12-28-18)13-19(24)21-16-4-6-17(7-5-16)23-8-10-26-11-9-23/h2-7,12H,8-11,13-15H2,1H3,(H,21,24). The summed E-state index contributed by atoms with van der Waals surface area (Å²) in [7, 11) is 1.66. The fourth-order valence-corrected chi connectivity index (χ4v) is 4.63. The van der Waals surface area contributed by atoms with Crippen LogP contribution >= 0.6 is 23.1 Å². The number of nitrogens with one attached hydrogen (secondary N) is 1. The summed E-state index contributed by atoms with van der Waals surface area (Å²) in [6, 6.07) is 11.8. The zero-order valence-electron chi connectivity index (χ0n) is 15.9. The highest BCUT2D eigenvalue weighted by Crippen LogP contribution is 2.19. The lowest BCUT2D eigenvalue weighted by atomic mass is 10.2. The number of nitrogens with zero attached hydrogens (tertiary/aromatic N) is 2. The first kappa shape index (κ1) is 20.7. The van der Waals surface area contributed by atoms with Crippen molar-refractivity contribution in [3.8, 4) is 0 Å². The fourth-order valence-electron chi connectivity index (χ4n) is 2.83. The number of hydrogen-bond donors (Lipinski definition) is 1. The first-order chi connectivity index (χ1) is 13.6. The van der Waals surface area contributed by atoms with Crippen LogP contribution in [0.15, 0.2) is 41.8 Å². The van der Waals surface area contributed by atoms with Crippen LogP contribution in [0, 0.1) is 0 Å². The van der Waals surface area contributed by atoms with E-state index in [0.717, 1.165) is 43.4 Å². The Balaban J connectivity index is 1.40. The van der Waals surface area contributed by atoms with E-state index in [2.05, 4.69) is 16.3 Å². The smallest absolute Gasteiger partial charge is 0.243 e. The largest absolute Gasteiger partial charge is 0.378 e. The molecular weight excluding hydrogens is 394 g/mol. The van der Waals surface area contributed by atoms with Crippen molar-refractivity contribution >= 4 is 46.3 Å². The van der Waals surface area contributed by atoms with E-state index in [1.54, 1.807) is 30.1 Å². The second-order valence-electron chi connectivity index (χ2n) is 6.52. The van der Waals surface area contributed by atoms with E-state index in [0.29, 0.717) is 5.75 Å². The van der Waals surface area contributed by atoms with Crippen LogP contribution in [-0.2, 0) is 20.1 Å². The summed E-state index contributed by atoms with van der Waals surface area (Å²) in [6.07, 6.45) is 0. The summed E-state index contributed by atoms with van der Waals surface area (Å²) in [5.74, 6) is 0.951. The van der Waals surface area contributed by atoms with Gasteiger partial charge in [0.25, 0.3) is 0 Å². The molecule has 150 valence electrons. The van der Waals surface area contributed by atoms with Crippen LogP contribution in [0.4, 0.5) is 11.4 Å². The van der Waals surface area contributed by atoms with Crippen LogP contribution in [0.5, 0.6) is 0 Å². The molecule has 8 heteroatoms. The van der Waals surface area contributed by atoms with Crippen molar-refractivity contribution in [3.05, 3.63) is 46.7 Å². The molecule has 28 heavy (non-hydrogen) atoms. The molecule has 1 fully saturated rings. The Bertz CT molecular complexity index is 760. The lowest BCUT2D eigenvalue weighted by Crippen LogP contribution is -2.36. The summed E-state index contributed by atoms with van der Waals surface area (Å²) < 4.78 is 5.37. The van der Waals surface area contributed by atoms with Gasteiger partial charge < -0.3 is 19.9 Å². The molecule has 1 aliphatic heterocycles. The molecule has 1 aliphatic rings. The third kappa shape index (κ3) is 6.25. The van der Waals surface area contributed by atoms with E-state index in [1.807, 2.05) is 35.7 Å². The second-order valence-corrected chi connectivity index (χ2v) is 8.53. The van der Waals surface area contributed by atoms with E-state index in [-0.39, 0.29) is 18.4 Å². The van der Waals surface area contributed by atoms with Gasteiger partial charge >= 0.3 is 0 Å². The van der Waals surface area contributed by atoms with Crippen LogP contribution in [0.1, 0.15) is 4.88 Å². The summed E-state index contributed by atoms with van der Waals surface area (Å²) >= 11 is 3.25. The minimum Gasteiger partial charge on any atom is -0.378 e. The highest BCUT2D eigenvalue weighted by molar-refractivity contribution is 7.99. The minimum atomic E-state index is -0.196. The first-order valence-electron chi connectivity index (χ1n) is 9.18. The van der Waals surface area contributed by atoms with Crippen molar-refractivity contribution in [2.24, 2.45) is 0 Å². The summed E-state index contributed by atoms with van der Waals surface area (Å²) in [6.45, 7) is 3.28. The van der Waals surface area contributed by atoms with Crippen LogP contribution in [-0.4, -0.2) is 62.4 Å². The zero-order chi connectivity index (χ0) is 19.8. The first-order valence-corrected chi connectivity index (χ1v) is 11.2. The molecule has 2 amide bonds. The molecule has 1 aromatic carbocycles. The van der Waals surface area contributed by atoms with E-state index in [1.165, 1.54) is 9.78 Å². The number of thioether (sulfide) groups is 1. The molecule has 6 nitrogen and oxygen atoms in total. The van der Waals surface area contributed by atoms with Gasteiger partial charge in [0.1, 0.15) is 0 Å². The number of amides is 2. The van der Waals surface area contributed by atoms with Gasteiger partial charge in [-0.3, -0.25) is 9.59 Å². The number of thiophene rings is 1. The molecule has 0 atom stereocenters. The van der Waals surface area contributed by atoms with Gasteiger partial charge in [-0.05, 0) is 35.7 Å². The third-order valence-electron chi connectivity index (χ3n) is 4.38. The third-order valence-corrected chi connectivity index (χ3v) is 6.41. The summed E-state index contributed by atoms with van der Waals surface area (Å²) in [4.78, 5) is 29.4. The van der Waals surface area contributed by atoms with Crippen LogP contribution < -0.4 is 10.2 Å². The van der Waals surface area contributed by atoms with Gasteiger partial charge in [0, 0.05) is 42.1 Å². The van der Waals surface area contributed by atoms with E-state index in [4.69, 9.17) is 4.74 Å². The van der Waals surface area contributed by atoms with Gasteiger partial charge in [-0.25, -0.2) is 0 Å². The summed E-state index contributed by atoms with van der Waals surface area (Å²) in [5, 5.41) is 4.88. The minimum absolute atomic E-state index is 0.0422. The molecule has 0 spiro atoms. The number of ether oxygens (including phenoxy) is 1. The number of rotatable bonds is 8. The lowest BCUT2D eigenvalue weighted by molar-refractivity contribution is -0.131. The van der Waals surface area contributed by atoms with Crippen molar-refractivity contribution in [3.63, 3.8) is 0 Å². The number of carbonyl (C=O) groups is 2. The Morgan fingerprint density at radius 3 is 2.64 bits per heavy atom. The maximum absolute atomic E-state index is 12.2. The highest BCUT2D eigenvalue weighted by Gasteiger charge is 2.14. The lowest BCUT2D eigenvalue weighted by Gasteiger charge is -2.28. The number of anilines is 2. The van der Waals surface area contributed by atoms with Crippen molar-refractivity contribution in [2.45, 2.75) is 5.75 Å². The zero-order valence-corrected chi connectivity index (χ0v) is 17.6. The molecule has 0 aliphatic carbocycles. The Hall–Kier alpha value is -2.03. The molecule has 0 bridgehead atoms. The van der Waals surface area contributed by atoms with Crippen molar-refractivity contribution < 1.29 is 14.3 Å². The molecule has 2 aromatic rings. The van der Waals surface area contributed by atoms with Gasteiger partial charge in [-0.1, -0.05) is 6.07 Å². The van der Waals surface area contributed by atoms with E-state index in [9.17, 15) is 9.59 Å². The molecular formula is C20H25N3O3S2. The van der Waals surface area contributed by atoms with Crippen LogP contribution in [0.2, 0.25) is 0 Å². The molecule has 1 aromatic heterocycles. The predicted molar refractivity (Wildman–Crippen MR) is 116 cm³/mol. The second kappa shape index (κ2) is 10.5. The average Bonchev–Trinajstić information content (AvgIpc) is 3.22. The monoisotopic (exact) mass is 419 g/mol. The molecule has 0 unspecified atom stereocenters. The van der Waals surface area contributed by atoms with E-state index >= 15 is 0 Å². The number of benzene rings is 1. The molecule has 1 N–H and O–H groups in total. The average molecular weight is 420 g/mol. The van der Waals surface area contributed by atoms with Crippen LogP contribution in [0.25, 0.3) is 0 Å². The SMILES string of the molecule is CN(CC(=O)Nc1ccc(N2CCOCC2)cc1)C(=O)CSCc1cccs1. The number of likely N-dealkylation sites (N-methyl/N-ethyl adjacent to an activating group) is 1. The maximum Gasteiger partial charge on any atom is 0.243 e. The van der Waals surface area contributed by atoms with Crippen molar-refractivity contribution in [2.75, 3.05) is 55.9 Å². The topological polar surface area (TPSA) is 61.9 Å². The molecule has 2 heterocycles. The Morgan fingerprint density at radius 2 is 1.96 bits per heavy atom.